The highest BCUT2D eigenvalue weighted by molar-refractivity contribution is 4.98. The van der Waals surface area contributed by atoms with Gasteiger partial charge in [-0.05, 0) is 56.4 Å². The van der Waals surface area contributed by atoms with Gasteiger partial charge in [-0.15, -0.1) is 0 Å². The Bertz CT molecular complexity index is 306. The highest BCUT2D eigenvalue weighted by atomic mass is 16.5. The fraction of sp³-hybridized carbons (Fsp3) is 1.00. The molecule has 0 spiro atoms. The summed E-state index contributed by atoms with van der Waals surface area (Å²) >= 11 is 0. The summed E-state index contributed by atoms with van der Waals surface area (Å²) in [6.45, 7) is 8.26. The maximum atomic E-state index is 6.11. The van der Waals surface area contributed by atoms with Crippen LogP contribution in [0.15, 0.2) is 0 Å². The molecule has 2 aliphatic heterocycles. The molecule has 1 aliphatic carbocycles. The van der Waals surface area contributed by atoms with E-state index in [2.05, 4.69) is 26.1 Å². The van der Waals surface area contributed by atoms with E-state index in [0.29, 0.717) is 12.2 Å². The van der Waals surface area contributed by atoms with Gasteiger partial charge in [0.15, 0.2) is 0 Å². The summed E-state index contributed by atoms with van der Waals surface area (Å²) in [4.78, 5) is 0. The summed E-state index contributed by atoms with van der Waals surface area (Å²) in [5, 5.41) is 3.83. The number of ether oxygens (including phenoxy) is 1. The molecule has 0 aromatic carbocycles. The van der Waals surface area contributed by atoms with Gasteiger partial charge in [-0.1, -0.05) is 27.2 Å². The molecule has 2 bridgehead atoms. The number of nitrogens with one attached hydrogen (secondary N) is 1. The fourth-order valence-electron chi connectivity index (χ4n) is 4.87. The number of rotatable bonds is 4. The Balaban J connectivity index is 1.67. The molecule has 7 atom stereocenters. The number of fused-ring (bicyclic) bond motifs is 2. The van der Waals surface area contributed by atoms with Crippen molar-refractivity contribution in [2.75, 3.05) is 6.54 Å². The van der Waals surface area contributed by atoms with Crippen molar-refractivity contribution in [2.45, 2.75) is 77.5 Å². The zero-order valence-electron chi connectivity index (χ0n) is 12.9. The van der Waals surface area contributed by atoms with Crippen molar-refractivity contribution in [3.05, 3.63) is 0 Å². The Morgan fingerprint density at radius 1 is 1.05 bits per heavy atom. The van der Waals surface area contributed by atoms with Gasteiger partial charge in [0.1, 0.15) is 0 Å². The second-order valence-electron chi connectivity index (χ2n) is 7.38. The number of hydrogen-bond donors (Lipinski definition) is 1. The van der Waals surface area contributed by atoms with Gasteiger partial charge >= 0.3 is 0 Å². The van der Waals surface area contributed by atoms with Crippen LogP contribution in [-0.2, 0) is 4.74 Å². The van der Waals surface area contributed by atoms with Crippen molar-refractivity contribution in [3.63, 3.8) is 0 Å². The Morgan fingerprint density at radius 2 is 1.89 bits per heavy atom. The van der Waals surface area contributed by atoms with Crippen LogP contribution >= 0.6 is 0 Å². The zero-order valence-corrected chi connectivity index (χ0v) is 12.9. The smallest absolute Gasteiger partial charge is 0.0623 e. The third-order valence-electron chi connectivity index (χ3n) is 6.20. The van der Waals surface area contributed by atoms with E-state index < -0.39 is 0 Å². The first-order chi connectivity index (χ1) is 9.19. The first kappa shape index (κ1) is 13.9. The molecule has 1 N–H and O–H groups in total. The molecule has 2 heteroatoms. The second kappa shape index (κ2) is 5.73. The van der Waals surface area contributed by atoms with Crippen molar-refractivity contribution in [1.29, 1.82) is 0 Å². The van der Waals surface area contributed by atoms with Crippen molar-refractivity contribution in [2.24, 2.45) is 23.7 Å². The lowest BCUT2D eigenvalue weighted by Crippen LogP contribution is -2.47. The van der Waals surface area contributed by atoms with E-state index in [4.69, 9.17) is 4.74 Å². The van der Waals surface area contributed by atoms with Crippen LogP contribution in [0.25, 0.3) is 0 Å². The molecule has 3 fully saturated rings. The zero-order chi connectivity index (χ0) is 13.4. The minimum atomic E-state index is 0.573. The molecule has 2 saturated heterocycles. The topological polar surface area (TPSA) is 21.3 Å². The van der Waals surface area contributed by atoms with Crippen LogP contribution in [0.1, 0.15) is 59.3 Å². The van der Waals surface area contributed by atoms with Crippen LogP contribution < -0.4 is 5.32 Å². The van der Waals surface area contributed by atoms with Gasteiger partial charge in [0, 0.05) is 12.0 Å². The Kier molecular flexibility index (Phi) is 4.19. The SMILES string of the molecule is CCNC(C1CCC(C)C(C)C1)C1CC2CCC1O2. The van der Waals surface area contributed by atoms with Gasteiger partial charge in [0.05, 0.1) is 12.2 Å². The first-order valence-electron chi connectivity index (χ1n) is 8.57. The van der Waals surface area contributed by atoms with Crippen LogP contribution in [0.5, 0.6) is 0 Å². The highest BCUT2D eigenvalue weighted by Crippen LogP contribution is 2.45. The summed E-state index contributed by atoms with van der Waals surface area (Å²) in [5.74, 6) is 3.51. The van der Waals surface area contributed by atoms with Gasteiger partial charge in [-0.25, -0.2) is 0 Å². The van der Waals surface area contributed by atoms with Gasteiger partial charge in [-0.3, -0.25) is 0 Å². The maximum absolute atomic E-state index is 6.11. The van der Waals surface area contributed by atoms with E-state index in [1.54, 1.807) is 0 Å². The standard InChI is InChI=1S/C17H31NO/c1-4-18-17(13-6-5-11(2)12(3)9-13)15-10-14-7-8-16(15)19-14/h11-18H,4-10H2,1-3H3. The Labute approximate surface area is 118 Å². The molecule has 0 amide bonds. The summed E-state index contributed by atoms with van der Waals surface area (Å²) < 4.78 is 6.11. The van der Waals surface area contributed by atoms with Crippen LogP contribution in [0.4, 0.5) is 0 Å². The number of hydrogen-bond acceptors (Lipinski definition) is 2. The predicted molar refractivity (Wildman–Crippen MR) is 79.1 cm³/mol. The maximum Gasteiger partial charge on any atom is 0.0623 e. The lowest BCUT2D eigenvalue weighted by Gasteiger charge is -2.41. The Morgan fingerprint density at radius 3 is 2.47 bits per heavy atom. The molecule has 1 saturated carbocycles. The fourth-order valence-corrected chi connectivity index (χ4v) is 4.87. The van der Waals surface area contributed by atoms with E-state index in [1.165, 1.54) is 38.5 Å². The molecular formula is C17H31NO. The average Bonchev–Trinajstić information content (AvgIpc) is 3.02. The largest absolute Gasteiger partial charge is 0.375 e. The van der Waals surface area contributed by atoms with E-state index >= 15 is 0 Å². The molecular weight excluding hydrogens is 234 g/mol. The van der Waals surface area contributed by atoms with E-state index in [0.717, 1.165) is 36.3 Å². The molecule has 0 radical (unpaired) electrons. The van der Waals surface area contributed by atoms with Crippen LogP contribution in [-0.4, -0.2) is 24.8 Å². The predicted octanol–water partition coefficient (Wildman–Crippen LogP) is 3.60. The third kappa shape index (κ3) is 2.71. The molecule has 7 unspecified atom stereocenters. The van der Waals surface area contributed by atoms with Crippen LogP contribution in [0.3, 0.4) is 0 Å². The van der Waals surface area contributed by atoms with Gasteiger partial charge < -0.3 is 10.1 Å². The van der Waals surface area contributed by atoms with Crippen molar-refractivity contribution in [3.8, 4) is 0 Å². The quantitative estimate of drug-likeness (QED) is 0.838. The van der Waals surface area contributed by atoms with Gasteiger partial charge in [0.2, 0.25) is 0 Å². The molecule has 2 heterocycles. The molecule has 3 aliphatic rings. The summed E-state index contributed by atoms with van der Waals surface area (Å²) in [6.07, 6.45) is 9.40. The van der Waals surface area contributed by atoms with Crippen LogP contribution in [0, 0.1) is 23.7 Å². The monoisotopic (exact) mass is 265 g/mol. The Hall–Kier alpha value is -0.0800. The third-order valence-corrected chi connectivity index (χ3v) is 6.20. The van der Waals surface area contributed by atoms with Crippen LogP contribution in [0.2, 0.25) is 0 Å². The van der Waals surface area contributed by atoms with Gasteiger partial charge in [-0.2, -0.15) is 0 Å². The van der Waals surface area contributed by atoms with E-state index in [9.17, 15) is 0 Å². The summed E-state index contributed by atoms with van der Waals surface area (Å²) in [7, 11) is 0. The van der Waals surface area contributed by atoms with Gasteiger partial charge in [0.25, 0.3) is 0 Å². The molecule has 2 nitrogen and oxygen atoms in total. The summed E-state index contributed by atoms with van der Waals surface area (Å²) in [5.41, 5.74) is 0. The minimum Gasteiger partial charge on any atom is -0.375 e. The molecule has 0 aromatic rings. The normalized spacial score (nSPS) is 47.5. The van der Waals surface area contributed by atoms with Crippen molar-refractivity contribution < 1.29 is 4.74 Å². The molecule has 0 aromatic heterocycles. The average molecular weight is 265 g/mol. The molecule has 3 rings (SSSR count). The summed E-state index contributed by atoms with van der Waals surface area (Å²) in [6, 6.07) is 0.718. The highest BCUT2D eigenvalue weighted by Gasteiger charge is 2.46. The second-order valence-corrected chi connectivity index (χ2v) is 7.38. The first-order valence-corrected chi connectivity index (χ1v) is 8.57. The van der Waals surface area contributed by atoms with Crippen molar-refractivity contribution in [1.82, 2.24) is 5.32 Å². The lowest BCUT2D eigenvalue weighted by molar-refractivity contribution is 0.0688. The lowest BCUT2D eigenvalue weighted by atomic mass is 9.68. The van der Waals surface area contributed by atoms with Crippen molar-refractivity contribution >= 4 is 0 Å². The minimum absolute atomic E-state index is 0.573. The molecule has 110 valence electrons. The molecule has 19 heavy (non-hydrogen) atoms. The van der Waals surface area contributed by atoms with E-state index in [1.807, 2.05) is 0 Å². The van der Waals surface area contributed by atoms with E-state index in [-0.39, 0.29) is 0 Å².